The lowest BCUT2D eigenvalue weighted by Gasteiger charge is -2.02. The number of nitrogens with zero attached hydrogens (tertiary/aromatic N) is 3. The van der Waals surface area contributed by atoms with Gasteiger partial charge in [-0.2, -0.15) is 0 Å². The molecule has 0 radical (unpaired) electrons. The lowest BCUT2D eigenvalue weighted by molar-refractivity contribution is 0.102. The minimum Gasteiger partial charge on any atom is -0.298 e. The maximum Gasteiger partial charge on any atom is 0.257 e. The van der Waals surface area contributed by atoms with E-state index in [1.807, 2.05) is 0 Å². The molecule has 0 saturated carbocycles. The van der Waals surface area contributed by atoms with E-state index < -0.39 is 0 Å². The van der Waals surface area contributed by atoms with E-state index in [2.05, 4.69) is 36.2 Å². The molecule has 94 valence electrons. The molecule has 1 amide bonds. The zero-order valence-corrected chi connectivity index (χ0v) is 11.9. The van der Waals surface area contributed by atoms with Crippen molar-refractivity contribution in [1.29, 1.82) is 0 Å². The van der Waals surface area contributed by atoms with Gasteiger partial charge in [-0.1, -0.05) is 11.3 Å². The van der Waals surface area contributed by atoms with E-state index in [1.54, 1.807) is 36.8 Å². The summed E-state index contributed by atoms with van der Waals surface area (Å²) in [5.74, 6) is -0.214. The van der Waals surface area contributed by atoms with Crippen molar-refractivity contribution in [3.05, 3.63) is 46.1 Å². The molecule has 1 aromatic carbocycles. The first kappa shape index (κ1) is 12.2. The number of anilines is 1. The molecule has 0 atom stereocenters. The molecule has 3 rings (SSSR count). The molecule has 0 aliphatic heterocycles. The number of halogens is 1. The van der Waals surface area contributed by atoms with Gasteiger partial charge in [-0.25, -0.2) is 4.98 Å². The van der Waals surface area contributed by atoms with Gasteiger partial charge in [-0.05, 0) is 34.1 Å². The van der Waals surface area contributed by atoms with Crippen LogP contribution in [-0.4, -0.2) is 20.9 Å². The summed E-state index contributed by atoms with van der Waals surface area (Å²) in [6.07, 6.45) is 4.86. The summed E-state index contributed by atoms with van der Waals surface area (Å²) in [4.78, 5) is 24.4. The van der Waals surface area contributed by atoms with Gasteiger partial charge in [0.2, 0.25) is 0 Å². The minimum atomic E-state index is -0.214. The van der Waals surface area contributed by atoms with E-state index in [0.29, 0.717) is 16.2 Å². The molecule has 0 saturated heterocycles. The third-order valence-corrected chi connectivity index (χ3v) is 3.82. The van der Waals surface area contributed by atoms with Crippen LogP contribution in [0.2, 0.25) is 0 Å². The van der Waals surface area contributed by atoms with Crippen LogP contribution in [0.5, 0.6) is 0 Å². The molecule has 0 aliphatic rings. The van der Waals surface area contributed by atoms with Crippen molar-refractivity contribution >= 4 is 49.3 Å². The highest BCUT2D eigenvalue weighted by atomic mass is 79.9. The van der Waals surface area contributed by atoms with Crippen molar-refractivity contribution in [3.8, 4) is 0 Å². The molecule has 7 heteroatoms. The lowest BCUT2D eigenvalue weighted by Crippen LogP contribution is -2.11. The second kappa shape index (κ2) is 5.02. The number of amides is 1. The summed E-state index contributed by atoms with van der Waals surface area (Å²) in [7, 11) is 0. The molecule has 0 unspecified atom stereocenters. The van der Waals surface area contributed by atoms with Gasteiger partial charge in [0.15, 0.2) is 5.13 Å². The Morgan fingerprint density at radius 2 is 1.95 bits per heavy atom. The van der Waals surface area contributed by atoms with Gasteiger partial charge in [0.05, 0.1) is 21.0 Å². The Bertz CT molecular complexity index is 758. The minimum absolute atomic E-state index is 0.214. The molecule has 0 aliphatic carbocycles. The predicted molar refractivity (Wildman–Crippen MR) is 77.3 cm³/mol. The third-order valence-electron chi connectivity index (χ3n) is 2.43. The summed E-state index contributed by atoms with van der Waals surface area (Å²) in [6, 6.07) is 5.20. The predicted octanol–water partition coefficient (Wildman–Crippen LogP) is 3.10. The van der Waals surface area contributed by atoms with Crippen LogP contribution < -0.4 is 5.32 Å². The van der Waals surface area contributed by atoms with E-state index in [0.717, 1.165) is 9.30 Å². The second-order valence-electron chi connectivity index (χ2n) is 3.68. The van der Waals surface area contributed by atoms with Gasteiger partial charge < -0.3 is 0 Å². The highest BCUT2D eigenvalue weighted by Gasteiger charge is 2.09. The van der Waals surface area contributed by atoms with Crippen molar-refractivity contribution in [2.24, 2.45) is 0 Å². The number of benzene rings is 1. The van der Waals surface area contributed by atoms with Crippen molar-refractivity contribution in [2.45, 2.75) is 0 Å². The van der Waals surface area contributed by atoms with Crippen molar-refractivity contribution in [2.75, 3.05) is 5.32 Å². The normalized spacial score (nSPS) is 10.6. The second-order valence-corrected chi connectivity index (χ2v) is 6.09. The van der Waals surface area contributed by atoms with Crippen molar-refractivity contribution in [1.82, 2.24) is 15.0 Å². The molecule has 0 fully saturated rings. The Kier molecular flexibility index (Phi) is 3.22. The highest BCUT2D eigenvalue weighted by Crippen LogP contribution is 2.23. The van der Waals surface area contributed by atoms with Crippen molar-refractivity contribution < 1.29 is 4.79 Å². The Hall–Kier alpha value is -1.86. The summed E-state index contributed by atoms with van der Waals surface area (Å²) in [5.41, 5.74) is 1.98. The molecular weight excluding hydrogens is 328 g/mol. The molecule has 2 aromatic heterocycles. The molecule has 0 bridgehead atoms. The molecular formula is C12H7BrN4OS. The van der Waals surface area contributed by atoms with E-state index in [1.165, 1.54) is 11.3 Å². The number of carbonyl (C=O) groups excluding carboxylic acids is 1. The number of thiazole rings is 1. The fourth-order valence-corrected chi connectivity index (χ4v) is 2.69. The number of nitrogens with one attached hydrogen (secondary N) is 1. The number of rotatable bonds is 2. The summed E-state index contributed by atoms with van der Waals surface area (Å²) < 4.78 is 0.868. The van der Waals surface area contributed by atoms with E-state index >= 15 is 0 Å². The van der Waals surface area contributed by atoms with E-state index in [-0.39, 0.29) is 5.91 Å². The standard InChI is InChI=1S/C12H7BrN4OS/c13-10-6-16-12(19-10)17-11(18)7-1-2-8-9(5-7)15-4-3-14-8/h1-6H,(H,16,17,18). The average Bonchev–Trinajstić information content (AvgIpc) is 2.83. The fourth-order valence-electron chi connectivity index (χ4n) is 1.59. The first-order valence-electron chi connectivity index (χ1n) is 5.36. The van der Waals surface area contributed by atoms with Gasteiger partial charge in [0.1, 0.15) is 0 Å². The van der Waals surface area contributed by atoms with Gasteiger partial charge in [-0.15, -0.1) is 0 Å². The van der Waals surface area contributed by atoms with E-state index in [9.17, 15) is 4.79 Å². The zero-order valence-electron chi connectivity index (χ0n) is 9.50. The molecule has 5 nitrogen and oxygen atoms in total. The maximum absolute atomic E-state index is 12.1. The number of aromatic nitrogens is 3. The Morgan fingerprint density at radius 1 is 1.16 bits per heavy atom. The van der Waals surface area contributed by atoms with Gasteiger partial charge in [-0.3, -0.25) is 20.1 Å². The van der Waals surface area contributed by atoms with Crippen LogP contribution in [0, 0.1) is 0 Å². The third kappa shape index (κ3) is 2.61. The highest BCUT2D eigenvalue weighted by molar-refractivity contribution is 9.11. The Balaban J connectivity index is 1.89. The average molecular weight is 335 g/mol. The monoisotopic (exact) mass is 334 g/mol. The molecule has 2 heterocycles. The van der Waals surface area contributed by atoms with Crippen LogP contribution in [0.1, 0.15) is 10.4 Å². The first-order chi connectivity index (χ1) is 9.22. The number of carbonyl (C=O) groups is 1. The smallest absolute Gasteiger partial charge is 0.257 e. The molecule has 1 N–H and O–H groups in total. The maximum atomic E-state index is 12.1. The molecule has 0 spiro atoms. The number of fused-ring (bicyclic) bond motifs is 1. The summed E-state index contributed by atoms with van der Waals surface area (Å²) in [5, 5.41) is 3.29. The summed E-state index contributed by atoms with van der Waals surface area (Å²) in [6.45, 7) is 0. The Labute approximate surface area is 120 Å². The van der Waals surface area contributed by atoms with Crippen LogP contribution in [0.3, 0.4) is 0 Å². The van der Waals surface area contributed by atoms with Crippen LogP contribution >= 0.6 is 27.3 Å². The largest absolute Gasteiger partial charge is 0.298 e. The fraction of sp³-hybridized carbons (Fsp3) is 0. The topological polar surface area (TPSA) is 67.8 Å². The summed E-state index contributed by atoms with van der Waals surface area (Å²) >= 11 is 4.66. The van der Waals surface area contributed by atoms with Crippen LogP contribution in [0.25, 0.3) is 11.0 Å². The molecule has 19 heavy (non-hydrogen) atoms. The van der Waals surface area contributed by atoms with E-state index in [4.69, 9.17) is 0 Å². The lowest BCUT2D eigenvalue weighted by atomic mass is 10.2. The first-order valence-corrected chi connectivity index (χ1v) is 6.97. The van der Waals surface area contributed by atoms with Crippen LogP contribution in [0.15, 0.2) is 40.6 Å². The molecule has 3 aromatic rings. The van der Waals surface area contributed by atoms with Crippen molar-refractivity contribution in [3.63, 3.8) is 0 Å². The van der Waals surface area contributed by atoms with Crippen LogP contribution in [0.4, 0.5) is 5.13 Å². The van der Waals surface area contributed by atoms with Gasteiger partial charge >= 0.3 is 0 Å². The SMILES string of the molecule is O=C(Nc1ncc(Br)s1)c1ccc2nccnc2c1. The van der Waals surface area contributed by atoms with Crippen LogP contribution in [-0.2, 0) is 0 Å². The zero-order chi connectivity index (χ0) is 13.2. The quantitative estimate of drug-likeness (QED) is 0.781. The number of hydrogen-bond donors (Lipinski definition) is 1. The number of hydrogen-bond acceptors (Lipinski definition) is 5. The Morgan fingerprint density at radius 3 is 2.68 bits per heavy atom. The van der Waals surface area contributed by atoms with Gasteiger partial charge in [0.25, 0.3) is 5.91 Å². The van der Waals surface area contributed by atoms with Gasteiger partial charge in [0, 0.05) is 18.0 Å².